The average Bonchev–Trinajstić information content (AvgIpc) is 2.78. The van der Waals surface area contributed by atoms with Crippen molar-refractivity contribution in [2.75, 3.05) is 26.7 Å². The van der Waals surface area contributed by atoms with Gasteiger partial charge in [-0.15, -0.1) is 12.4 Å². The third-order valence-electron chi connectivity index (χ3n) is 5.69. The summed E-state index contributed by atoms with van der Waals surface area (Å²) in [5.41, 5.74) is 1.56. The number of piperidine rings is 1. The van der Waals surface area contributed by atoms with E-state index in [-0.39, 0.29) is 36.7 Å². The number of carbonyl (C=O) groups is 2. The van der Waals surface area contributed by atoms with Crippen LogP contribution in [0.5, 0.6) is 0 Å². The van der Waals surface area contributed by atoms with Crippen molar-refractivity contribution in [1.82, 2.24) is 15.5 Å². The molecule has 2 N–H and O–H groups in total. The Morgan fingerprint density at radius 3 is 2.20 bits per heavy atom. The van der Waals surface area contributed by atoms with Gasteiger partial charge in [0, 0.05) is 18.7 Å². The van der Waals surface area contributed by atoms with Crippen LogP contribution in [0.3, 0.4) is 0 Å². The summed E-state index contributed by atoms with van der Waals surface area (Å²) < 4.78 is 0. The molecule has 2 amide bonds. The Hall–Kier alpha value is -2.37. The Labute approximate surface area is 185 Å². The molecule has 0 spiro atoms. The fraction of sp³-hybridized carbons (Fsp3) is 0.417. The fourth-order valence-electron chi connectivity index (χ4n) is 3.89. The number of halogens is 1. The van der Waals surface area contributed by atoms with Gasteiger partial charge in [0.25, 0.3) is 5.91 Å². The standard InChI is InChI=1S/C24H31N3O2.ClH/c1-25-15-12-19-13-16-27(17-14-19)23(28)18-22(20-8-4-2-5-9-20)26-24(29)21-10-6-3-7-11-21;/h2-11,19,22,25H,12-18H2,1H3,(H,26,29);1H. The van der Waals surface area contributed by atoms with Crippen LogP contribution in [0.1, 0.15) is 47.6 Å². The van der Waals surface area contributed by atoms with Gasteiger partial charge in [-0.05, 0) is 56.5 Å². The van der Waals surface area contributed by atoms with E-state index < -0.39 is 0 Å². The van der Waals surface area contributed by atoms with Crippen molar-refractivity contribution >= 4 is 24.2 Å². The second-order valence-electron chi connectivity index (χ2n) is 7.72. The minimum atomic E-state index is -0.335. The quantitative estimate of drug-likeness (QED) is 0.670. The number of benzene rings is 2. The molecule has 0 bridgehead atoms. The summed E-state index contributed by atoms with van der Waals surface area (Å²) >= 11 is 0. The molecule has 1 unspecified atom stereocenters. The monoisotopic (exact) mass is 429 g/mol. The molecule has 30 heavy (non-hydrogen) atoms. The average molecular weight is 430 g/mol. The van der Waals surface area contributed by atoms with Gasteiger partial charge in [0.15, 0.2) is 0 Å². The minimum Gasteiger partial charge on any atom is -0.345 e. The van der Waals surface area contributed by atoms with E-state index in [4.69, 9.17) is 0 Å². The highest BCUT2D eigenvalue weighted by Crippen LogP contribution is 2.23. The molecule has 3 rings (SSSR count). The molecule has 0 aromatic heterocycles. The highest BCUT2D eigenvalue weighted by Gasteiger charge is 2.26. The Balaban J connectivity index is 0.00000320. The molecule has 1 aliphatic heterocycles. The van der Waals surface area contributed by atoms with Crippen molar-refractivity contribution in [1.29, 1.82) is 0 Å². The number of nitrogens with zero attached hydrogens (tertiary/aromatic N) is 1. The van der Waals surface area contributed by atoms with Crippen LogP contribution in [0, 0.1) is 5.92 Å². The maximum Gasteiger partial charge on any atom is 0.251 e. The first-order valence-corrected chi connectivity index (χ1v) is 10.5. The third-order valence-corrected chi connectivity index (χ3v) is 5.69. The van der Waals surface area contributed by atoms with Gasteiger partial charge in [-0.1, -0.05) is 48.5 Å². The van der Waals surface area contributed by atoms with Crippen LogP contribution < -0.4 is 10.6 Å². The lowest BCUT2D eigenvalue weighted by Gasteiger charge is -2.33. The summed E-state index contributed by atoms with van der Waals surface area (Å²) in [4.78, 5) is 27.6. The van der Waals surface area contributed by atoms with Crippen LogP contribution >= 0.6 is 12.4 Å². The first-order chi connectivity index (χ1) is 14.2. The van der Waals surface area contributed by atoms with E-state index in [0.717, 1.165) is 44.5 Å². The molecule has 0 radical (unpaired) electrons. The molecule has 1 heterocycles. The van der Waals surface area contributed by atoms with Gasteiger partial charge in [0.2, 0.25) is 5.91 Å². The lowest BCUT2D eigenvalue weighted by Crippen LogP contribution is -2.41. The Kier molecular flexibility index (Phi) is 9.84. The summed E-state index contributed by atoms with van der Waals surface area (Å²) in [5, 5.41) is 6.27. The summed E-state index contributed by atoms with van der Waals surface area (Å²) in [6.07, 6.45) is 3.56. The van der Waals surface area contributed by atoms with E-state index in [1.165, 1.54) is 0 Å². The van der Waals surface area contributed by atoms with Crippen LogP contribution in [-0.2, 0) is 4.79 Å². The van der Waals surface area contributed by atoms with Crippen LogP contribution in [0.2, 0.25) is 0 Å². The second-order valence-corrected chi connectivity index (χ2v) is 7.72. The molecule has 6 heteroatoms. The van der Waals surface area contributed by atoms with Crippen molar-refractivity contribution in [2.45, 2.75) is 31.7 Å². The normalized spacial score (nSPS) is 15.2. The number of hydrogen-bond acceptors (Lipinski definition) is 3. The zero-order valence-electron chi connectivity index (χ0n) is 17.5. The summed E-state index contributed by atoms with van der Waals surface area (Å²) in [5.74, 6) is 0.645. The number of rotatable bonds is 8. The smallest absolute Gasteiger partial charge is 0.251 e. The largest absolute Gasteiger partial charge is 0.345 e. The van der Waals surface area contributed by atoms with Crippen LogP contribution in [0.15, 0.2) is 60.7 Å². The van der Waals surface area contributed by atoms with Gasteiger partial charge in [0.1, 0.15) is 0 Å². The van der Waals surface area contributed by atoms with Gasteiger partial charge in [-0.25, -0.2) is 0 Å². The van der Waals surface area contributed by atoms with Gasteiger partial charge in [-0.3, -0.25) is 9.59 Å². The molecule has 1 fully saturated rings. The van der Waals surface area contributed by atoms with Crippen LogP contribution in [-0.4, -0.2) is 43.4 Å². The van der Waals surface area contributed by atoms with E-state index in [1.807, 2.05) is 60.5 Å². The predicted molar refractivity (Wildman–Crippen MR) is 123 cm³/mol. The molecule has 1 aliphatic rings. The Morgan fingerprint density at radius 2 is 1.60 bits per heavy atom. The van der Waals surface area contributed by atoms with Crippen molar-refractivity contribution in [3.63, 3.8) is 0 Å². The second kappa shape index (κ2) is 12.4. The highest BCUT2D eigenvalue weighted by atomic mass is 35.5. The van der Waals surface area contributed by atoms with Crippen molar-refractivity contribution in [2.24, 2.45) is 5.92 Å². The summed E-state index contributed by atoms with van der Waals surface area (Å²) in [6.45, 7) is 2.64. The molecule has 162 valence electrons. The number of carbonyl (C=O) groups excluding carboxylic acids is 2. The Bertz CT molecular complexity index is 778. The lowest BCUT2D eigenvalue weighted by atomic mass is 9.93. The maximum atomic E-state index is 13.0. The van der Waals surface area contributed by atoms with Gasteiger partial charge in [0.05, 0.1) is 12.5 Å². The number of likely N-dealkylation sites (tertiary alicyclic amines) is 1. The maximum absolute atomic E-state index is 13.0. The molecule has 5 nitrogen and oxygen atoms in total. The minimum absolute atomic E-state index is 0. The lowest BCUT2D eigenvalue weighted by molar-refractivity contribution is -0.133. The van der Waals surface area contributed by atoms with Crippen molar-refractivity contribution in [3.8, 4) is 0 Å². The topological polar surface area (TPSA) is 61.4 Å². The van der Waals surface area contributed by atoms with E-state index in [2.05, 4.69) is 10.6 Å². The Morgan fingerprint density at radius 1 is 1.00 bits per heavy atom. The first-order valence-electron chi connectivity index (χ1n) is 10.5. The number of hydrogen-bond donors (Lipinski definition) is 2. The van der Waals surface area contributed by atoms with Crippen LogP contribution in [0.25, 0.3) is 0 Å². The van der Waals surface area contributed by atoms with E-state index in [9.17, 15) is 9.59 Å². The molecular weight excluding hydrogens is 398 g/mol. The van der Waals surface area contributed by atoms with Crippen molar-refractivity contribution in [3.05, 3.63) is 71.8 Å². The molecule has 1 atom stereocenters. The molecule has 0 saturated carbocycles. The number of nitrogens with one attached hydrogen (secondary N) is 2. The van der Waals surface area contributed by atoms with E-state index in [1.54, 1.807) is 12.1 Å². The molecule has 2 aromatic carbocycles. The van der Waals surface area contributed by atoms with E-state index in [0.29, 0.717) is 11.5 Å². The first kappa shape index (κ1) is 23.9. The van der Waals surface area contributed by atoms with Gasteiger partial charge < -0.3 is 15.5 Å². The molecule has 1 saturated heterocycles. The number of amides is 2. The molecule has 2 aromatic rings. The van der Waals surface area contributed by atoms with Crippen molar-refractivity contribution < 1.29 is 9.59 Å². The predicted octanol–water partition coefficient (Wildman–Crippen LogP) is 3.82. The highest BCUT2D eigenvalue weighted by molar-refractivity contribution is 5.94. The zero-order chi connectivity index (χ0) is 20.5. The van der Waals surface area contributed by atoms with Gasteiger partial charge >= 0.3 is 0 Å². The zero-order valence-corrected chi connectivity index (χ0v) is 18.4. The molecule has 0 aliphatic carbocycles. The summed E-state index contributed by atoms with van der Waals surface area (Å²) in [6, 6.07) is 18.6. The van der Waals surface area contributed by atoms with Gasteiger partial charge in [-0.2, -0.15) is 0 Å². The SMILES string of the molecule is CNCCC1CCN(C(=O)CC(NC(=O)c2ccccc2)c2ccccc2)CC1.Cl. The molecular formula is C24H32ClN3O2. The fourth-order valence-corrected chi connectivity index (χ4v) is 3.89. The summed E-state index contributed by atoms with van der Waals surface area (Å²) in [7, 11) is 1.98. The third kappa shape index (κ3) is 6.85. The van der Waals surface area contributed by atoms with E-state index >= 15 is 0 Å². The van der Waals surface area contributed by atoms with Crippen LogP contribution in [0.4, 0.5) is 0 Å².